The van der Waals surface area contributed by atoms with E-state index in [1.54, 1.807) is 6.92 Å². The number of hydrogen-bond acceptors (Lipinski definition) is 8. The summed E-state index contributed by atoms with van der Waals surface area (Å²) in [6, 6.07) is 7.73. The van der Waals surface area contributed by atoms with Crippen molar-refractivity contribution in [2.75, 3.05) is 49.7 Å². The quantitative estimate of drug-likeness (QED) is 0.266. The Bertz CT molecular complexity index is 907. The molecule has 1 amide bonds. The topological polar surface area (TPSA) is 75.6 Å². The molecule has 7 nitrogen and oxygen atoms in total. The third-order valence-electron chi connectivity index (χ3n) is 4.55. The van der Waals surface area contributed by atoms with E-state index in [4.69, 9.17) is 16.3 Å². The third-order valence-corrected chi connectivity index (χ3v) is 6.32. The average molecular weight is 467 g/mol. The lowest BCUT2D eigenvalue weighted by atomic mass is 10.2. The lowest BCUT2D eigenvalue weighted by Crippen LogP contribution is -2.49. The van der Waals surface area contributed by atoms with Crippen LogP contribution < -0.4 is 4.90 Å². The van der Waals surface area contributed by atoms with Crippen molar-refractivity contribution in [1.82, 2.24) is 14.9 Å². The molecule has 0 radical (unpaired) electrons. The molecule has 0 N–H and O–H groups in total. The summed E-state index contributed by atoms with van der Waals surface area (Å²) in [6.07, 6.45) is 3.33. The van der Waals surface area contributed by atoms with E-state index < -0.39 is 5.97 Å². The van der Waals surface area contributed by atoms with Gasteiger partial charge in [0, 0.05) is 43.1 Å². The van der Waals surface area contributed by atoms with Crippen LogP contribution in [-0.2, 0) is 9.53 Å². The van der Waals surface area contributed by atoms with Crippen LogP contribution in [0.4, 0.5) is 5.69 Å². The van der Waals surface area contributed by atoms with Gasteiger partial charge in [-0.05, 0) is 31.4 Å². The fraction of sp³-hybridized carbons (Fsp3) is 0.400. The molecule has 1 aromatic heterocycles. The number of halogens is 1. The van der Waals surface area contributed by atoms with E-state index in [1.807, 2.05) is 35.4 Å². The van der Waals surface area contributed by atoms with E-state index >= 15 is 0 Å². The Morgan fingerprint density at radius 3 is 2.67 bits per heavy atom. The fourth-order valence-electron chi connectivity index (χ4n) is 3.02. The van der Waals surface area contributed by atoms with Crippen LogP contribution >= 0.6 is 35.1 Å². The van der Waals surface area contributed by atoms with Crippen molar-refractivity contribution >= 4 is 52.7 Å². The van der Waals surface area contributed by atoms with Gasteiger partial charge in [-0.25, -0.2) is 14.8 Å². The monoisotopic (exact) mass is 466 g/mol. The molecule has 2 aromatic rings. The second-order valence-corrected chi connectivity index (χ2v) is 8.61. The van der Waals surface area contributed by atoms with Gasteiger partial charge in [0.1, 0.15) is 10.6 Å². The van der Waals surface area contributed by atoms with Crippen molar-refractivity contribution in [3.8, 4) is 0 Å². The summed E-state index contributed by atoms with van der Waals surface area (Å²) in [6.45, 7) is 4.77. The van der Waals surface area contributed by atoms with Crippen LogP contribution in [0.3, 0.4) is 0 Å². The minimum Gasteiger partial charge on any atom is -0.462 e. The molecule has 0 aliphatic carbocycles. The van der Waals surface area contributed by atoms with Gasteiger partial charge in [0.25, 0.3) is 0 Å². The van der Waals surface area contributed by atoms with Gasteiger partial charge in [-0.15, -0.1) is 0 Å². The maximum absolute atomic E-state index is 12.7. The molecular weight excluding hydrogens is 444 g/mol. The molecule has 0 bridgehead atoms. The number of aromatic nitrogens is 2. The molecule has 0 unspecified atom stereocenters. The number of carbonyl (C=O) groups is 2. The van der Waals surface area contributed by atoms with Crippen molar-refractivity contribution in [2.24, 2.45) is 0 Å². The van der Waals surface area contributed by atoms with Crippen LogP contribution in [0.1, 0.15) is 17.3 Å². The number of ether oxygens (including phenoxy) is 1. The molecule has 30 heavy (non-hydrogen) atoms. The predicted molar refractivity (Wildman–Crippen MR) is 121 cm³/mol. The molecule has 10 heteroatoms. The van der Waals surface area contributed by atoms with Gasteiger partial charge in [-0.2, -0.15) is 0 Å². The molecule has 0 spiro atoms. The second kappa shape index (κ2) is 10.9. The van der Waals surface area contributed by atoms with Crippen molar-refractivity contribution in [3.05, 3.63) is 41.0 Å². The van der Waals surface area contributed by atoms with Crippen LogP contribution in [0.15, 0.2) is 40.6 Å². The highest BCUT2D eigenvalue weighted by Crippen LogP contribution is 2.25. The summed E-state index contributed by atoms with van der Waals surface area (Å²) in [7, 11) is 0. The maximum atomic E-state index is 12.7. The van der Waals surface area contributed by atoms with Crippen LogP contribution in [0.5, 0.6) is 0 Å². The Labute approximate surface area is 189 Å². The normalized spacial score (nSPS) is 14.0. The summed E-state index contributed by atoms with van der Waals surface area (Å²) in [4.78, 5) is 37.5. The number of anilines is 1. The van der Waals surface area contributed by atoms with Gasteiger partial charge in [-0.1, -0.05) is 41.2 Å². The SMILES string of the molecule is CCOC(=O)c1cnc(SC)nc1SCC(=O)N1CCN(c2cccc(Cl)c2)CC1. The van der Waals surface area contributed by atoms with Crippen molar-refractivity contribution in [1.29, 1.82) is 0 Å². The minimum absolute atomic E-state index is 0.0184. The number of nitrogens with zero attached hydrogens (tertiary/aromatic N) is 4. The predicted octanol–water partition coefficient (Wildman–Crippen LogP) is 3.47. The number of esters is 1. The first-order valence-electron chi connectivity index (χ1n) is 9.51. The van der Waals surface area contributed by atoms with Crippen molar-refractivity contribution < 1.29 is 14.3 Å². The number of hydrogen-bond donors (Lipinski definition) is 0. The van der Waals surface area contributed by atoms with Crippen LogP contribution in [0.2, 0.25) is 5.02 Å². The molecule has 1 aromatic carbocycles. The van der Waals surface area contributed by atoms with Crippen LogP contribution in [0.25, 0.3) is 0 Å². The molecule has 1 saturated heterocycles. The lowest BCUT2D eigenvalue weighted by molar-refractivity contribution is -0.128. The average Bonchev–Trinajstić information content (AvgIpc) is 2.77. The van der Waals surface area contributed by atoms with E-state index in [2.05, 4.69) is 14.9 Å². The zero-order chi connectivity index (χ0) is 21.5. The van der Waals surface area contributed by atoms with Gasteiger partial charge < -0.3 is 14.5 Å². The fourth-order valence-corrected chi connectivity index (χ4v) is 4.48. The van der Waals surface area contributed by atoms with E-state index in [9.17, 15) is 9.59 Å². The molecule has 3 rings (SSSR count). The van der Waals surface area contributed by atoms with Gasteiger partial charge >= 0.3 is 5.97 Å². The highest BCUT2D eigenvalue weighted by atomic mass is 35.5. The zero-order valence-corrected chi connectivity index (χ0v) is 19.2. The number of amides is 1. The van der Waals surface area contributed by atoms with Crippen LogP contribution in [0, 0.1) is 0 Å². The Morgan fingerprint density at radius 1 is 1.23 bits per heavy atom. The molecule has 1 fully saturated rings. The zero-order valence-electron chi connectivity index (χ0n) is 16.8. The summed E-state index contributed by atoms with van der Waals surface area (Å²) >= 11 is 8.70. The van der Waals surface area contributed by atoms with Gasteiger partial charge in [0.2, 0.25) is 5.91 Å². The first-order chi connectivity index (χ1) is 14.5. The number of rotatable bonds is 7. The first-order valence-corrected chi connectivity index (χ1v) is 12.1. The maximum Gasteiger partial charge on any atom is 0.342 e. The summed E-state index contributed by atoms with van der Waals surface area (Å²) < 4.78 is 5.08. The van der Waals surface area contributed by atoms with Crippen molar-refractivity contribution in [2.45, 2.75) is 17.1 Å². The first kappa shape index (κ1) is 22.7. The summed E-state index contributed by atoms with van der Waals surface area (Å²) in [5, 5.41) is 1.72. The third kappa shape index (κ3) is 5.80. The van der Waals surface area contributed by atoms with E-state index in [1.165, 1.54) is 29.7 Å². The molecule has 2 heterocycles. The number of carbonyl (C=O) groups excluding carboxylic acids is 2. The number of thioether (sulfide) groups is 2. The Morgan fingerprint density at radius 2 is 2.00 bits per heavy atom. The van der Waals surface area contributed by atoms with Gasteiger partial charge in [0.15, 0.2) is 5.16 Å². The minimum atomic E-state index is -0.477. The molecule has 1 aliphatic heterocycles. The van der Waals surface area contributed by atoms with Crippen LogP contribution in [-0.4, -0.2) is 71.5 Å². The largest absolute Gasteiger partial charge is 0.462 e. The highest BCUT2D eigenvalue weighted by Gasteiger charge is 2.23. The van der Waals surface area contributed by atoms with E-state index in [-0.39, 0.29) is 18.3 Å². The second-order valence-electron chi connectivity index (χ2n) is 6.43. The smallest absolute Gasteiger partial charge is 0.342 e. The summed E-state index contributed by atoms with van der Waals surface area (Å²) in [5.41, 5.74) is 1.35. The van der Waals surface area contributed by atoms with E-state index in [0.29, 0.717) is 33.9 Å². The van der Waals surface area contributed by atoms with Gasteiger partial charge in [-0.3, -0.25) is 4.79 Å². The molecule has 160 valence electrons. The molecule has 0 saturated carbocycles. The molecular formula is C20H23ClN4O3S2. The van der Waals surface area contributed by atoms with Gasteiger partial charge in [0.05, 0.1) is 12.4 Å². The van der Waals surface area contributed by atoms with Crippen molar-refractivity contribution in [3.63, 3.8) is 0 Å². The highest BCUT2D eigenvalue weighted by molar-refractivity contribution is 8.00. The Hall–Kier alpha value is -1.97. The lowest BCUT2D eigenvalue weighted by Gasteiger charge is -2.36. The Balaban J connectivity index is 1.59. The number of piperazine rings is 1. The standard InChI is InChI=1S/C20H23ClN4O3S2/c1-3-28-19(27)16-12-22-20(29-2)23-18(16)30-13-17(26)25-9-7-24(8-10-25)15-6-4-5-14(21)11-15/h4-6,11-12H,3,7-10,13H2,1-2H3. The summed E-state index contributed by atoms with van der Waals surface area (Å²) in [5.74, 6) is -0.255. The molecule has 1 aliphatic rings. The molecule has 0 atom stereocenters. The van der Waals surface area contributed by atoms with E-state index in [0.717, 1.165) is 18.8 Å². The Kier molecular flexibility index (Phi) is 8.24. The number of benzene rings is 1.